The first-order valence-electron chi connectivity index (χ1n) is 10.7. The molecular formula is C21H31N3O5S2. The molecule has 0 unspecified atom stereocenters. The number of sulfonamides is 1. The number of benzene rings is 1. The first-order valence-corrected chi connectivity index (χ1v) is 13.5. The molecule has 1 heterocycles. The fourth-order valence-electron chi connectivity index (χ4n) is 3.52. The average Bonchev–Trinajstić information content (AvgIpc) is 3.62. The van der Waals surface area contributed by atoms with Crippen LogP contribution in [0.1, 0.15) is 26.2 Å². The second-order valence-corrected chi connectivity index (χ2v) is 10.7. The van der Waals surface area contributed by atoms with Gasteiger partial charge in [-0.05, 0) is 62.5 Å². The number of carbonyl (C=O) groups excluding carboxylic acids is 2. The first-order chi connectivity index (χ1) is 14.9. The Bertz CT molecular complexity index is 864. The van der Waals surface area contributed by atoms with E-state index in [9.17, 15) is 18.0 Å². The molecule has 172 valence electrons. The van der Waals surface area contributed by atoms with Crippen LogP contribution in [-0.4, -0.2) is 80.3 Å². The van der Waals surface area contributed by atoms with Gasteiger partial charge in [-0.15, -0.1) is 0 Å². The van der Waals surface area contributed by atoms with Crippen LogP contribution in [0, 0.1) is 5.92 Å². The lowest BCUT2D eigenvalue weighted by atomic mass is 10.1. The lowest BCUT2D eigenvalue weighted by molar-refractivity contribution is -0.137. The summed E-state index contributed by atoms with van der Waals surface area (Å²) in [5.74, 6) is 1.27. The molecule has 2 aliphatic rings. The molecule has 1 aromatic carbocycles. The summed E-state index contributed by atoms with van der Waals surface area (Å²) in [6.07, 6.45) is 4.31. The molecule has 1 aromatic rings. The summed E-state index contributed by atoms with van der Waals surface area (Å²) >= 11 is 1.63. The van der Waals surface area contributed by atoms with Gasteiger partial charge in [0, 0.05) is 32.1 Å². The zero-order chi connectivity index (χ0) is 22.4. The van der Waals surface area contributed by atoms with Gasteiger partial charge in [0.15, 0.2) is 0 Å². The predicted octanol–water partition coefficient (Wildman–Crippen LogP) is 1.57. The number of ether oxygens (including phenoxy) is 1. The van der Waals surface area contributed by atoms with Crippen molar-refractivity contribution in [2.75, 3.05) is 44.8 Å². The number of thioether (sulfide) groups is 1. The van der Waals surface area contributed by atoms with Gasteiger partial charge in [-0.25, -0.2) is 8.42 Å². The highest BCUT2D eigenvalue weighted by Gasteiger charge is 2.36. The van der Waals surface area contributed by atoms with Crippen molar-refractivity contribution in [1.82, 2.24) is 14.5 Å². The van der Waals surface area contributed by atoms with Crippen molar-refractivity contribution in [2.45, 2.75) is 37.1 Å². The third kappa shape index (κ3) is 6.14. The second-order valence-electron chi connectivity index (χ2n) is 7.75. The van der Waals surface area contributed by atoms with Crippen molar-refractivity contribution < 1.29 is 22.7 Å². The molecule has 0 spiro atoms. The molecule has 1 atom stereocenters. The van der Waals surface area contributed by atoms with Gasteiger partial charge >= 0.3 is 0 Å². The number of amides is 2. The molecule has 1 saturated carbocycles. The lowest BCUT2D eigenvalue weighted by Crippen LogP contribution is -2.56. The Morgan fingerprint density at radius 3 is 2.35 bits per heavy atom. The Labute approximate surface area is 188 Å². The van der Waals surface area contributed by atoms with Crippen molar-refractivity contribution in [3.63, 3.8) is 0 Å². The van der Waals surface area contributed by atoms with E-state index in [1.54, 1.807) is 40.9 Å². The van der Waals surface area contributed by atoms with E-state index < -0.39 is 16.1 Å². The Morgan fingerprint density at radius 2 is 1.81 bits per heavy atom. The van der Waals surface area contributed by atoms with Crippen LogP contribution in [0.2, 0.25) is 0 Å². The third-order valence-corrected chi connectivity index (χ3v) is 8.05. The van der Waals surface area contributed by atoms with E-state index in [4.69, 9.17) is 4.74 Å². The van der Waals surface area contributed by atoms with Crippen LogP contribution >= 0.6 is 11.8 Å². The van der Waals surface area contributed by atoms with E-state index in [1.165, 1.54) is 4.31 Å². The first kappa shape index (κ1) is 23.9. The van der Waals surface area contributed by atoms with Crippen LogP contribution in [0.4, 0.5) is 0 Å². The second kappa shape index (κ2) is 10.7. The minimum absolute atomic E-state index is 0.0423. The minimum Gasteiger partial charge on any atom is -0.494 e. The van der Waals surface area contributed by atoms with Gasteiger partial charge < -0.3 is 15.0 Å². The summed E-state index contributed by atoms with van der Waals surface area (Å²) in [5.41, 5.74) is 0. The summed E-state index contributed by atoms with van der Waals surface area (Å²) < 4.78 is 32.7. The van der Waals surface area contributed by atoms with Gasteiger partial charge in [0.25, 0.3) is 0 Å². The zero-order valence-corrected chi connectivity index (χ0v) is 19.7. The standard InChI is InChI=1S/C21H31N3O5S2/c1-3-29-17-6-8-18(9-7-17)31(27,28)24-13-11-23(12-14-24)21(26)19(10-15-30-2)22-20(25)16-4-5-16/h6-9,16,19H,3-5,10-15H2,1-2H3,(H,22,25)/t19-/m0/s1. The largest absolute Gasteiger partial charge is 0.494 e. The lowest BCUT2D eigenvalue weighted by Gasteiger charge is -2.36. The van der Waals surface area contributed by atoms with Crippen molar-refractivity contribution in [3.05, 3.63) is 24.3 Å². The van der Waals surface area contributed by atoms with Crippen LogP contribution in [0.5, 0.6) is 5.75 Å². The topological polar surface area (TPSA) is 96.0 Å². The van der Waals surface area contributed by atoms with E-state index in [0.717, 1.165) is 18.6 Å². The third-order valence-electron chi connectivity index (χ3n) is 5.50. The van der Waals surface area contributed by atoms with Crippen molar-refractivity contribution in [3.8, 4) is 5.75 Å². The number of nitrogens with zero attached hydrogens (tertiary/aromatic N) is 2. The van der Waals surface area contributed by atoms with E-state index in [-0.39, 0.29) is 35.7 Å². The van der Waals surface area contributed by atoms with Gasteiger partial charge in [0.05, 0.1) is 11.5 Å². The van der Waals surface area contributed by atoms with Crippen LogP contribution in [0.15, 0.2) is 29.2 Å². The highest BCUT2D eigenvalue weighted by atomic mass is 32.2. The minimum atomic E-state index is -3.63. The molecule has 2 fully saturated rings. The maximum Gasteiger partial charge on any atom is 0.245 e. The van der Waals surface area contributed by atoms with Crippen LogP contribution in [0.3, 0.4) is 0 Å². The van der Waals surface area contributed by atoms with Gasteiger partial charge in [-0.2, -0.15) is 16.1 Å². The van der Waals surface area contributed by atoms with Gasteiger partial charge in [0.1, 0.15) is 11.8 Å². The summed E-state index contributed by atoms with van der Waals surface area (Å²) in [6, 6.07) is 5.84. The molecule has 8 nitrogen and oxygen atoms in total. The normalized spacial score (nSPS) is 18.5. The molecule has 1 aliphatic carbocycles. The Morgan fingerprint density at radius 1 is 1.16 bits per heavy atom. The number of nitrogens with one attached hydrogen (secondary N) is 1. The molecule has 31 heavy (non-hydrogen) atoms. The predicted molar refractivity (Wildman–Crippen MR) is 121 cm³/mol. The number of rotatable bonds is 10. The van der Waals surface area contributed by atoms with Crippen LogP contribution in [0.25, 0.3) is 0 Å². The summed E-state index contributed by atoms with van der Waals surface area (Å²) in [4.78, 5) is 27.1. The van der Waals surface area contributed by atoms with Gasteiger partial charge in [-0.3, -0.25) is 9.59 Å². The Hall–Kier alpha value is -1.78. The van der Waals surface area contributed by atoms with Gasteiger partial charge in [-0.1, -0.05) is 0 Å². The van der Waals surface area contributed by atoms with E-state index >= 15 is 0 Å². The molecule has 1 N–H and O–H groups in total. The smallest absolute Gasteiger partial charge is 0.245 e. The maximum absolute atomic E-state index is 13.0. The number of hydrogen-bond acceptors (Lipinski definition) is 6. The number of hydrogen-bond donors (Lipinski definition) is 1. The molecule has 0 aromatic heterocycles. The zero-order valence-electron chi connectivity index (χ0n) is 18.1. The summed E-state index contributed by atoms with van der Waals surface area (Å²) in [7, 11) is -3.63. The molecule has 0 radical (unpaired) electrons. The summed E-state index contributed by atoms with van der Waals surface area (Å²) in [5, 5.41) is 2.91. The molecule has 1 aliphatic heterocycles. The SMILES string of the molecule is CCOc1ccc(S(=O)(=O)N2CCN(C(=O)[C@H](CCSC)NC(=O)C3CC3)CC2)cc1. The quantitative estimate of drug-likeness (QED) is 0.559. The van der Waals surface area contributed by atoms with Crippen molar-refractivity contribution in [1.29, 1.82) is 0 Å². The highest BCUT2D eigenvalue weighted by Crippen LogP contribution is 2.29. The fraction of sp³-hybridized carbons (Fsp3) is 0.619. The molecule has 3 rings (SSSR count). The van der Waals surface area contributed by atoms with E-state index in [0.29, 0.717) is 31.9 Å². The van der Waals surface area contributed by atoms with E-state index in [1.807, 2.05) is 13.2 Å². The molecule has 0 bridgehead atoms. The monoisotopic (exact) mass is 469 g/mol. The van der Waals surface area contributed by atoms with Gasteiger partial charge in [0.2, 0.25) is 21.8 Å². The molecular weight excluding hydrogens is 438 g/mol. The average molecular weight is 470 g/mol. The molecule has 1 saturated heterocycles. The maximum atomic E-state index is 13.0. The highest BCUT2D eigenvalue weighted by molar-refractivity contribution is 7.98. The van der Waals surface area contributed by atoms with Crippen LogP contribution < -0.4 is 10.1 Å². The van der Waals surface area contributed by atoms with E-state index in [2.05, 4.69) is 5.32 Å². The number of piperazine rings is 1. The van der Waals surface area contributed by atoms with Crippen molar-refractivity contribution >= 4 is 33.6 Å². The number of carbonyl (C=O) groups is 2. The molecule has 2 amide bonds. The fourth-order valence-corrected chi connectivity index (χ4v) is 5.41. The Kier molecular flexibility index (Phi) is 8.23. The van der Waals surface area contributed by atoms with Crippen molar-refractivity contribution in [2.24, 2.45) is 5.92 Å². The summed E-state index contributed by atoms with van der Waals surface area (Å²) in [6.45, 7) is 3.46. The Balaban J connectivity index is 1.59. The van der Waals surface area contributed by atoms with Crippen LogP contribution in [-0.2, 0) is 19.6 Å². The molecule has 10 heteroatoms.